The van der Waals surface area contributed by atoms with Crippen molar-refractivity contribution in [3.8, 4) is 0 Å². The highest BCUT2D eigenvalue weighted by Gasteiger charge is 2.52. The molecule has 4 fully saturated rings. The van der Waals surface area contributed by atoms with Crippen molar-refractivity contribution in [1.82, 2.24) is 0 Å². The van der Waals surface area contributed by atoms with Gasteiger partial charge in [-0.2, -0.15) is 0 Å². The van der Waals surface area contributed by atoms with Crippen molar-refractivity contribution >= 4 is 11.6 Å². The number of ether oxygens (including phenoxy) is 4. The second-order valence-corrected chi connectivity index (χ2v) is 8.24. The Hall–Kier alpha value is -0.0300. The van der Waals surface area contributed by atoms with Crippen molar-refractivity contribution in [1.29, 1.82) is 0 Å². The molecule has 0 aromatic heterocycles. The van der Waals surface area contributed by atoms with Gasteiger partial charge in [-0.05, 0) is 19.3 Å². The monoisotopic (exact) mass is 394 g/mol. The van der Waals surface area contributed by atoms with Crippen LogP contribution in [0.1, 0.15) is 25.7 Å². The summed E-state index contributed by atoms with van der Waals surface area (Å²) >= 11 is 6.38. The lowest BCUT2D eigenvalue weighted by atomic mass is 9.85. The van der Waals surface area contributed by atoms with Gasteiger partial charge in [0.05, 0.1) is 36.4 Å². The Morgan fingerprint density at radius 3 is 2.27 bits per heavy atom. The molecule has 26 heavy (non-hydrogen) atoms. The number of aliphatic hydroxyl groups is 4. The summed E-state index contributed by atoms with van der Waals surface area (Å²) in [7, 11) is 0. The SMILES string of the molecule is OC[C@H]1O[C@H]2CC[C@H]([C@H]3O[C@H]4[C@@H](Cl)CCO[C@@H]4C[C@H]3O)O[C@@H]2[C@@H](O)[C@H]1O. The van der Waals surface area contributed by atoms with E-state index in [1.54, 1.807) is 0 Å². The first-order valence-corrected chi connectivity index (χ1v) is 9.80. The van der Waals surface area contributed by atoms with Gasteiger partial charge in [0.2, 0.25) is 0 Å². The molecule has 0 unspecified atom stereocenters. The first kappa shape index (κ1) is 19.3. The zero-order chi connectivity index (χ0) is 18.4. The van der Waals surface area contributed by atoms with E-state index in [0.29, 0.717) is 32.3 Å². The Labute approximate surface area is 156 Å². The van der Waals surface area contributed by atoms with Crippen LogP contribution < -0.4 is 0 Å². The van der Waals surface area contributed by atoms with E-state index in [2.05, 4.69) is 0 Å². The number of fused-ring (bicyclic) bond motifs is 2. The predicted molar refractivity (Wildman–Crippen MR) is 88.9 cm³/mol. The van der Waals surface area contributed by atoms with Crippen LogP contribution in [0.15, 0.2) is 0 Å². The standard InChI is InChI=1S/C17H27ClO8/c18-7-3-4-23-11-5-8(20)16(26-15(7)11)9-1-2-10-17(25-9)14(22)13(21)12(6-19)24-10/h7-17,19-22H,1-6H2/t7-,8+,9+,10-,11+,12+,13-,14-,15-,16-,17-/m0/s1. The summed E-state index contributed by atoms with van der Waals surface area (Å²) in [6, 6.07) is 0. The Kier molecular flexibility index (Phi) is 5.77. The van der Waals surface area contributed by atoms with E-state index >= 15 is 0 Å². The van der Waals surface area contributed by atoms with E-state index < -0.39 is 48.8 Å². The Morgan fingerprint density at radius 2 is 1.54 bits per heavy atom. The molecule has 0 bridgehead atoms. The number of aliphatic hydroxyl groups excluding tert-OH is 4. The summed E-state index contributed by atoms with van der Waals surface area (Å²) in [4.78, 5) is 0. The maximum Gasteiger partial charge on any atom is 0.113 e. The number of halogens is 1. The molecule has 0 radical (unpaired) electrons. The zero-order valence-electron chi connectivity index (χ0n) is 14.4. The van der Waals surface area contributed by atoms with Crippen molar-refractivity contribution in [3.05, 3.63) is 0 Å². The van der Waals surface area contributed by atoms with Crippen LogP contribution in [0.25, 0.3) is 0 Å². The van der Waals surface area contributed by atoms with E-state index in [-0.39, 0.29) is 24.2 Å². The first-order chi connectivity index (χ1) is 12.5. The molecule has 0 spiro atoms. The van der Waals surface area contributed by atoms with E-state index in [0.717, 1.165) is 0 Å². The van der Waals surface area contributed by atoms with Crippen LogP contribution in [0.3, 0.4) is 0 Å². The lowest BCUT2D eigenvalue weighted by Gasteiger charge is -2.50. The molecule has 9 heteroatoms. The van der Waals surface area contributed by atoms with Crippen molar-refractivity contribution in [3.63, 3.8) is 0 Å². The van der Waals surface area contributed by atoms with Crippen LogP contribution in [-0.4, -0.2) is 100 Å². The number of alkyl halides is 1. The minimum absolute atomic E-state index is 0.171. The molecule has 4 aliphatic rings. The van der Waals surface area contributed by atoms with Crippen LogP contribution >= 0.6 is 11.6 Å². The molecular formula is C17H27ClO8. The molecule has 4 aliphatic heterocycles. The number of hydrogen-bond acceptors (Lipinski definition) is 8. The van der Waals surface area contributed by atoms with Gasteiger partial charge in [-0.15, -0.1) is 11.6 Å². The topological polar surface area (TPSA) is 118 Å². The van der Waals surface area contributed by atoms with Crippen molar-refractivity contribution in [2.24, 2.45) is 0 Å². The second-order valence-electron chi connectivity index (χ2n) is 7.68. The molecule has 4 rings (SSSR count). The molecule has 150 valence electrons. The Morgan fingerprint density at radius 1 is 0.808 bits per heavy atom. The third-order valence-corrected chi connectivity index (χ3v) is 6.48. The van der Waals surface area contributed by atoms with Gasteiger partial charge in [-0.3, -0.25) is 0 Å². The number of rotatable bonds is 2. The van der Waals surface area contributed by atoms with Gasteiger partial charge in [0.15, 0.2) is 0 Å². The van der Waals surface area contributed by atoms with Gasteiger partial charge < -0.3 is 39.4 Å². The van der Waals surface area contributed by atoms with E-state index in [4.69, 9.17) is 30.5 Å². The predicted octanol–water partition coefficient (Wildman–Crippen LogP) is -1.07. The maximum absolute atomic E-state index is 10.5. The van der Waals surface area contributed by atoms with Crippen LogP contribution in [0.5, 0.6) is 0 Å². The van der Waals surface area contributed by atoms with Gasteiger partial charge in [-0.25, -0.2) is 0 Å². The zero-order valence-corrected chi connectivity index (χ0v) is 15.1. The lowest BCUT2D eigenvalue weighted by molar-refractivity contribution is -0.296. The largest absolute Gasteiger partial charge is 0.394 e. The van der Waals surface area contributed by atoms with Gasteiger partial charge >= 0.3 is 0 Å². The van der Waals surface area contributed by atoms with E-state index in [1.165, 1.54) is 0 Å². The first-order valence-electron chi connectivity index (χ1n) is 9.36. The normalized spacial score (nSPS) is 55.0. The molecule has 0 aliphatic carbocycles. The third kappa shape index (κ3) is 3.40. The molecular weight excluding hydrogens is 368 g/mol. The van der Waals surface area contributed by atoms with Crippen LogP contribution in [0.2, 0.25) is 0 Å². The summed E-state index contributed by atoms with van der Waals surface area (Å²) in [5.74, 6) is 0. The van der Waals surface area contributed by atoms with Crippen molar-refractivity contribution < 1.29 is 39.4 Å². The highest BCUT2D eigenvalue weighted by Crippen LogP contribution is 2.38. The fourth-order valence-electron chi connectivity index (χ4n) is 4.59. The fourth-order valence-corrected chi connectivity index (χ4v) is 4.90. The Balaban J connectivity index is 1.44. The third-order valence-electron chi connectivity index (χ3n) is 6.01. The van der Waals surface area contributed by atoms with E-state index in [9.17, 15) is 20.4 Å². The lowest BCUT2D eigenvalue weighted by Crippen LogP contribution is -2.64. The van der Waals surface area contributed by atoms with Gasteiger partial charge in [0, 0.05) is 13.0 Å². The quantitative estimate of drug-likeness (QED) is 0.437. The fraction of sp³-hybridized carbons (Fsp3) is 1.00. The molecule has 0 saturated carbocycles. The Bertz CT molecular complexity index is 493. The average Bonchev–Trinajstić information content (AvgIpc) is 2.64. The van der Waals surface area contributed by atoms with Gasteiger partial charge in [-0.1, -0.05) is 0 Å². The molecule has 0 aromatic rings. The molecule has 8 nitrogen and oxygen atoms in total. The average molecular weight is 395 g/mol. The van der Waals surface area contributed by atoms with Crippen LogP contribution in [-0.2, 0) is 18.9 Å². The summed E-state index contributed by atoms with van der Waals surface area (Å²) in [5, 5.41) is 40.1. The molecule has 4 heterocycles. The van der Waals surface area contributed by atoms with Crippen LogP contribution in [0.4, 0.5) is 0 Å². The number of hydrogen-bond donors (Lipinski definition) is 4. The van der Waals surface area contributed by atoms with Gasteiger partial charge in [0.25, 0.3) is 0 Å². The summed E-state index contributed by atoms with van der Waals surface area (Å²) in [6.07, 6.45) is -4.33. The smallest absolute Gasteiger partial charge is 0.113 e. The van der Waals surface area contributed by atoms with Crippen molar-refractivity contribution in [2.45, 2.75) is 92.1 Å². The second kappa shape index (κ2) is 7.77. The summed E-state index contributed by atoms with van der Waals surface area (Å²) < 4.78 is 23.4. The molecule has 4 saturated heterocycles. The summed E-state index contributed by atoms with van der Waals surface area (Å²) in [6.45, 7) is 0.197. The molecule has 0 aromatic carbocycles. The molecule has 0 amide bonds. The molecule has 11 atom stereocenters. The minimum atomic E-state index is -1.22. The summed E-state index contributed by atoms with van der Waals surface area (Å²) in [5.41, 5.74) is 0. The highest BCUT2D eigenvalue weighted by molar-refractivity contribution is 6.21. The molecule has 4 N–H and O–H groups in total. The minimum Gasteiger partial charge on any atom is -0.394 e. The van der Waals surface area contributed by atoms with Crippen molar-refractivity contribution in [2.75, 3.05) is 13.2 Å². The van der Waals surface area contributed by atoms with E-state index in [1.807, 2.05) is 0 Å². The highest BCUT2D eigenvalue weighted by atomic mass is 35.5. The van der Waals surface area contributed by atoms with Gasteiger partial charge in [0.1, 0.15) is 36.6 Å². The van der Waals surface area contributed by atoms with Crippen LogP contribution in [0, 0.1) is 0 Å². The maximum atomic E-state index is 10.5.